The highest BCUT2D eigenvalue weighted by atomic mass is 16.1. The lowest BCUT2D eigenvalue weighted by molar-refractivity contribution is -0.919. The fourth-order valence-corrected chi connectivity index (χ4v) is 4.05. The van der Waals surface area contributed by atoms with Crippen LogP contribution in [0.1, 0.15) is 15.9 Å². The first-order valence-electron chi connectivity index (χ1n) is 9.31. The second-order valence-corrected chi connectivity index (χ2v) is 7.10. The second-order valence-electron chi connectivity index (χ2n) is 7.10. The maximum absolute atomic E-state index is 13.2. The molecular weight excluding hydrogens is 324 g/mol. The number of ketones is 1. The fraction of sp³-hybridized carbons (Fsp3) is 0.381. The molecule has 5 heteroatoms. The van der Waals surface area contributed by atoms with Crippen molar-refractivity contribution >= 4 is 22.6 Å². The number of Topliss-reactive ketones (excluding diaryl/α,β-unsaturated/α-hetero) is 1. The summed E-state index contributed by atoms with van der Waals surface area (Å²) in [6.45, 7) is 5.23. The summed E-state index contributed by atoms with van der Waals surface area (Å²) in [6.07, 6.45) is 2.07. The molecule has 2 aromatic carbocycles. The number of nitrogens with zero attached hydrogens (tertiary/aromatic N) is 1. The minimum absolute atomic E-state index is 0.135. The van der Waals surface area contributed by atoms with Crippen molar-refractivity contribution in [3.63, 3.8) is 0 Å². The van der Waals surface area contributed by atoms with Crippen LogP contribution in [-0.2, 0) is 0 Å². The quantitative estimate of drug-likeness (QED) is 0.595. The molecule has 2 aromatic rings. The third-order valence-electron chi connectivity index (χ3n) is 5.35. The van der Waals surface area contributed by atoms with Gasteiger partial charge in [-0.15, -0.1) is 0 Å². The van der Waals surface area contributed by atoms with Crippen LogP contribution in [0.25, 0.3) is 16.8 Å². The predicted octanol–water partition coefficient (Wildman–Crippen LogP) is 1.37. The van der Waals surface area contributed by atoms with Gasteiger partial charge in [0.05, 0.1) is 25.2 Å². The van der Waals surface area contributed by atoms with E-state index in [4.69, 9.17) is 11.5 Å². The average molecular weight is 353 g/mol. The van der Waals surface area contributed by atoms with Crippen LogP contribution in [0.4, 0.5) is 0 Å². The van der Waals surface area contributed by atoms with Gasteiger partial charge in [-0.25, -0.2) is 0 Å². The summed E-state index contributed by atoms with van der Waals surface area (Å²) in [5, 5.41) is 5.40. The number of likely N-dealkylation sites (N-methyl/N-ethyl adjacent to an activating group) is 1. The molecule has 0 fully saturated rings. The Morgan fingerprint density at radius 3 is 2.35 bits per heavy atom. The number of nitrogens with two attached hydrogens (primary N) is 2. The van der Waals surface area contributed by atoms with Gasteiger partial charge >= 0.3 is 0 Å². The Balaban J connectivity index is 2.00. The Kier molecular flexibility index (Phi) is 5.84. The first-order chi connectivity index (χ1) is 12.6. The molecule has 26 heavy (non-hydrogen) atoms. The maximum Gasteiger partial charge on any atom is 0.195 e. The van der Waals surface area contributed by atoms with E-state index in [0.29, 0.717) is 19.6 Å². The van der Waals surface area contributed by atoms with Gasteiger partial charge in [-0.1, -0.05) is 36.4 Å². The summed E-state index contributed by atoms with van der Waals surface area (Å²) in [6, 6.07) is 12.2. The monoisotopic (exact) mass is 353 g/mol. The van der Waals surface area contributed by atoms with Crippen molar-refractivity contribution in [3.8, 4) is 0 Å². The Morgan fingerprint density at radius 1 is 1.00 bits per heavy atom. The summed E-state index contributed by atoms with van der Waals surface area (Å²) in [5.41, 5.74) is 14.6. The number of nitrogens with one attached hydrogen (secondary N) is 1. The molecule has 138 valence electrons. The van der Waals surface area contributed by atoms with E-state index >= 15 is 0 Å². The lowest BCUT2D eigenvalue weighted by Crippen LogP contribution is -2.57. The zero-order chi connectivity index (χ0) is 18.6. The molecule has 0 spiro atoms. The van der Waals surface area contributed by atoms with Gasteiger partial charge in [-0.05, 0) is 24.1 Å². The van der Waals surface area contributed by atoms with E-state index in [9.17, 15) is 4.79 Å². The van der Waals surface area contributed by atoms with Gasteiger partial charge in [0.1, 0.15) is 6.54 Å². The van der Waals surface area contributed by atoms with Gasteiger partial charge in [-0.3, -0.25) is 4.79 Å². The molecule has 5 nitrogen and oxygen atoms in total. The van der Waals surface area contributed by atoms with Crippen molar-refractivity contribution in [1.29, 1.82) is 0 Å². The zero-order valence-electron chi connectivity index (χ0n) is 15.5. The Hall–Kier alpha value is -2.05. The van der Waals surface area contributed by atoms with E-state index in [1.54, 1.807) is 0 Å². The highest BCUT2D eigenvalue weighted by molar-refractivity contribution is 6.22. The molecule has 0 radical (unpaired) electrons. The maximum atomic E-state index is 13.2. The molecule has 0 aromatic heterocycles. The topological polar surface area (TPSA) is 81.1 Å². The number of carbonyl (C=O) groups is 1. The smallest absolute Gasteiger partial charge is 0.195 e. The number of carbonyl (C=O) groups excluding carboxylic acids is 1. The molecule has 5 N–H and O–H groups in total. The summed E-state index contributed by atoms with van der Waals surface area (Å²) in [5.74, 6) is 0.135. The normalized spacial score (nSPS) is 14.0. The molecular formula is C21H29N4O+. The lowest BCUT2D eigenvalue weighted by Gasteiger charge is -2.39. The van der Waals surface area contributed by atoms with E-state index in [0.717, 1.165) is 58.1 Å². The fourth-order valence-electron chi connectivity index (χ4n) is 4.05. The van der Waals surface area contributed by atoms with Crippen LogP contribution in [0.2, 0.25) is 0 Å². The molecule has 3 rings (SSSR count). The molecule has 0 saturated heterocycles. The van der Waals surface area contributed by atoms with Gasteiger partial charge in [0.25, 0.3) is 0 Å². The molecule has 0 amide bonds. The van der Waals surface area contributed by atoms with E-state index in [1.165, 1.54) is 0 Å². The Bertz CT molecular complexity index is 817. The Morgan fingerprint density at radius 2 is 1.69 bits per heavy atom. The molecule has 0 aliphatic heterocycles. The van der Waals surface area contributed by atoms with Gasteiger partial charge in [0.15, 0.2) is 5.78 Å². The minimum Gasteiger partial charge on any atom is -0.326 e. The molecule has 0 heterocycles. The van der Waals surface area contributed by atoms with E-state index in [1.807, 2.05) is 25.2 Å². The molecule has 0 bridgehead atoms. The number of benzene rings is 2. The van der Waals surface area contributed by atoms with Gasteiger partial charge in [-0.2, -0.15) is 0 Å². The third kappa shape index (κ3) is 3.57. The van der Waals surface area contributed by atoms with E-state index < -0.39 is 0 Å². The van der Waals surface area contributed by atoms with Gasteiger partial charge in [0.2, 0.25) is 0 Å². The first kappa shape index (κ1) is 18.7. The van der Waals surface area contributed by atoms with E-state index in [2.05, 4.69) is 29.6 Å². The first-order valence-corrected chi connectivity index (χ1v) is 9.31. The molecule has 0 saturated carbocycles. The van der Waals surface area contributed by atoms with Crippen LogP contribution in [-0.4, -0.2) is 63.1 Å². The van der Waals surface area contributed by atoms with Gasteiger partial charge in [0, 0.05) is 30.6 Å². The van der Waals surface area contributed by atoms with Crippen molar-refractivity contribution in [2.75, 3.05) is 52.9 Å². The second kappa shape index (κ2) is 8.10. The van der Waals surface area contributed by atoms with Crippen LogP contribution in [0, 0.1) is 0 Å². The summed E-state index contributed by atoms with van der Waals surface area (Å²) in [7, 11) is 1.95. The van der Waals surface area contributed by atoms with Crippen molar-refractivity contribution in [2.45, 2.75) is 0 Å². The van der Waals surface area contributed by atoms with E-state index in [-0.39, 0.29) is 5.78 Å². The van der Waals surface area contributed by atoms with Crippen LogP contribution in [0.3, 0.4) is 0 Å². The standard InChI is InChI=1S/C21H29N4O/c1-24-10-13-25(11-8-22,12-9-23)15-18-14-17-6-2-4-16-5-3-7-19(20(16)17)21(18)26/h2-7,14,24H,8-13,15,22-23H2,1H3/q+1. The number of quaternary nitrogens is 1. The van der Waals surface area contributed by atoms with Crippen molar-refractivity contribution < 1.29 is 9.28 Å². The number of hydrogen-bond donors (Lipinski definition) is 3. The summed E-state index contributed by atoms with van der Waals surface area (Å²) in [4.78, 5) is 13.2. The largest absolute Gasteiger partial charge is 0.326 e. The predicted molar refractivity (Wildman–Crippen MR) is 108 cm³/mol. The number of rotatable bonds is 9. The van der Waals surface area contributed by atoms with Crippen molar-refractivity contribution in [3.05, 3.63) is 53.1 Å². The Labute approximate surface area is 155 Å². The average Bonchev–Trinajstić information content (AvgIpc) is 2.65. The highest BCUT2D eigenvalue weighted by Gasteiger charge is 2.32. The van der Waals surface area contributed by atoms with Crippen molar-refractivity contribution in [2.24, 2.45) is 11.5 Å². The molecule has 1 aliphatic carbocycles. The van der Waals surface area contributed by atoms with Crippen LogP contribution < -0.4 is 16.8 Å². The lowest BCUT2D eigenvalue weighted by atomic mass is 9.87. The van der Waals surface area contributed by atoms with Gasteiger partial charge < -0.3 is 21.3 Å². The SMILES string of the molecule is CNCC[N+](CCN)(CCN)CC1=Cc2cccc3cccc(c23)C1=O. The summed E-state index contributed by atoms with van der Waals surface area (Å²) < 4.78 is 0.740. The minimum atomic E-state index is 0.135. The highest BCUT2D eigenvalue weighted by Crippen LogP contribution is 2.32. The van der Waals surface area contributed by atoms with Crippen LogP contribution >= 0.6 is 0 Å². The molecule has 0 atom stereocenters. The third-order valence-corrected chi connectivity index (χ3v) is 5.35. The van der Waals surface area contributed by atoms with Crippen molar-refractivity contribution in [1.82, 2.24) is 5.32 Å². The zero-order valence-corrected chi connectivity index (χ0v) is 15.5. The van der Waals surface area contributed by atoms with Crippen LogP contribution in [0.15, 0.2) is 42.0 Å². The summed E-state index contributed by atoms with van der Waals surface area (Å²) >= 11 is 0. The van der Waals surface area contributed by atoms with Crippen LogP contribution in [0.5, 0.6) is 0 Å². The molecule has 0 unspecified atom stereocenters. The number of hydrogen-bond acceptors (Lipinski definition) is 4. The molecule has 1 aliphatic rings.